The van der Waals surface area contributed by atoms with Crippen molar-refractivity contribution >= 4 is 5.95 Å². The third-order valence-corrected chi connectivity index (χ3v) is 2.36. The second kappa shape index (κ2) is 4.35. The van der Waals surface area contributed by atoms with Gasteiger partial charge in [-0.15, -0.1) is 0 Å². The smallest absolute Gasteiger partial charge is 0.203 e. The Morgan fingerprint density at radius 2 is 2.25 bits per heavy atom. The fourth-order valence-corrected chi connectivity index (χ4v) is 1.70. The molecule has 16 heavy (non-hydrogen) atoms. The van der Waals surface area contributed by atoms with Gasteiger partial charge in [0.05, 0.1) is 12.2 Å². The Hall–Kier alpha value is -1.84. The van der Waals surface area contributed by atoms with Gasteiger partial charge in [0.25, 0.3) is 0 Å². The van der Waals surface area contributed by atoms with E-state index in [0.717, 1.165) is 17.2 Å². The van der Waals surface area contributed by atoms with Gasteiger partial charge in [-0.2, -0.15) is 0 Å². The summed E-state index contributed by atoms with van der Waals surface area (Å²) in [7, 11) is 1.82. The second-order valence-electron chi connectivity index (χ2n) is 3.71. The summed E-state index contributed by atoms with van der Waals surface area (Å²) in [5.41, 5.74) is 1.87. The monoisotopic (exact) mass is 219 g/mol. The minimum Gasteiger partial charge on any atom is -0.359 e. The molecule has 0 unspecified atom stereocenters. The van der Waals surface area contributed by atoms with Crippen molar-refractivity contribution in [2.24, 2.45) is 0 Å². The summed E-state index contributed by atoms with van der Waals surface area (Å²) >= 11 is 0. The molecule has 0 amide bonds. The molecular formula is C12H14FN3. The van der Waals surface area contributed by atoms with Crippen molar-refractivity contribution in [3.05, 3.63) is 47.5 Å². The molecule has 1 aromatic heterocycles. The summed E-state index contributed by atoms with van der Waals surface area (Å²) in [6, 6.07) is 6.60. The average Bonchev–Trinajstić information content (AvgIpc) is 2.59. The summed E-state index contributed by atoms with van der Waals surface area (Å²) < 4.78 is 15.0. The third-order valence-electron chi connectivity index (χ3n) is 2.36. The minimum atomic E-state index is -0.208. The highest BCUT2D eigenvalue weighted by Crippen LogP contribution is 2.12. The molecule has 3 nitrogen and oxygen atoms in total. The zero-order valence-corrected chi connectivity index (χ0v) is 9.37. The number of nitrogens with zero attached hydrogens (tertiary/aromatic N) is 2. The van der Waals surface area contributed by atoms with E-state index in [2.05, 4.69) is 10.3 Å². The van der Waals surface area contributed by atoms with Crippen LogP contribution in [0.15, 0.2) is 30.5 Å². The first-order chi connectivity index (χ1) is 7.69. The summed E-state index contributed by atoms with van der Waals surface area (Å²) in [5.74, 6) is 0.585. The largest absolute Gasteiger partial charge is 0.359 e. The Labute approximate surface area is 93.9 Å². The van der Waals surface area contributed by atoms with E-state index in [1.807, 2.05) is 30.8 Å². The first-order valence-corrected chi connectivity index (χ1v) is 5.15. The molecule has 0 aliphatic rings. The van der Waals surface area contributed by atoms with E-state index in [4.69, 9.17) is 0 Å². The molecule has 1 heterocycles. The van der Waals surface area contributed by atoms with Crippen LogP contribution in [0.1, 0.15) is 11.3 Å². The standard InChI is InChI=1S/C12H14FN3/c1-9-7-16(12(14-2)15-9)8-10-4-3-5-11(13)6-10/h3-7H,8H2,1-2H3,(H,14,15). The fraction of sp³-hybridized carbons (Fsp3) is 0.250. The van der Waals surface area contributed by atoms with Gasteiger partial charge < -0.3 is 9.88 Å². The van der Waals surface area contributed by atoms with Gasteiger partial charge in [-0.3, -0.25) is 0 Å². The Morgan fingerprint density at radius 1 is 1.44 bits per heavy atom. The molecule has 2 rings (SSSR count). The molecule has 0 atom stereocenters. The molecule has 0 aliphatic heterocycles. The first-order valence-electron chi connectivity index (χ1n) is 5.15. The lowest BCUT2D eigenvalue weighted by atomic mass is 10.2. The molecular weight excluding hydrogens is 205 g/mol. The van der Waals surface area contributed by atoms with Gasteiger partial charge >= 0.3 is 0 Å². The van der Waals surface area contributed by atoms with Gasteiger partial charge in [0.2, 0.25) is 5.95 Å². The van der Waals surface area contributed by atoms with Crippen LogP contribution in [-0.2, 0) is 6.54 Å². The van der Waals surface area contributed by atoms with Crippen molar-refractivity contribution in [3.63, 3.8) is 0 Å². The predicted molar refractivity (Wildman–Crippen MR) is 62.0 cm³/mol. The molecule has 84 valence electrons. The lowest BCUT2D eigenvalue weighted by molar-refractivity contribution is 0.623. The van der Waals surface area contributed by atoms with Gasteiger partial charge in [-0.1, -0.05) is 12.1 Å². The number of halogens is 1. The highest BCUT2D eigenvalue weighted by molar-refractivity contribution is 5.29. The van der Waals surface area contributed by atoms with Gasteiger partial charge in [-0.25, -0.2) is 9.37 Å². The minimum absolute atomic E-state index is 0.208. The summed E-state index contributed by atoms with van der Waals surface area (Å²) in [6.45, 7) is 2.55. The van der Waals surface area contributed by atoms with Crippen molar-refractivity contribution in [1.82, 2.24) is 9.55 Å². The molecule has 2 aromatic rings. The number of benzene rings is 1. The number of hydrogen-bond donors (Lipinski definition) is 1. The molecule has 0 fully saturated rings. The zero-order valence-electron chi connectivity index (χ0n) is 9.37. The Kier molecular flexibility index (Phi) is 2.90. The molecule has 0 bridgehead atoms. The number of nitrogens with one attached hydrogen (secondary N) is 1. The van der Waals surface area contributed by atoms with Gasteiger partial charge in [0, 0.05) is 13.2 Å². The predicted octanol–water partition coefficient (Wildman–Crippen LogP) is 2.42. The highest BCUT2D eigenvalue weighted by atomic mass is 19.1. The number of aromatic nitrogens is 2. The van der Waals surface area contributed by atoms with Crippen LogP contribution in [0, 0.1) is 12.7 Å². The van der Waals surface area contributed by atoms with E-state index in [-0.39, 0.29) is 5.82 Å². The number of aryl methyl sites for hydroxylation is 1. The highest BCUT2D eigenvalue weighted by Gasteiger charge is 2.04. The van der Waals surface area contributed by atoms with Crippen LogP contribution in [-0.4, -0.2) is 16.6 Å². The van der Waals surface area contributed by atoms with Gasteiger partial charge in [0.1, 0.15) is 5.82 Å². The van der Waals surface area contributed by atoms with Crippen molar-refractivity contribution in [3.8, 4) is 0 Å². The average molecular weight is 219 g/mol. The van der Waals surface area contributed by atoms with Crippen LogP contribution in [0.2, 0.25) is 0 Å². The van der Waals surface area contributed by atoms with Crippen molar-refractivity contribution in [2.45, 2.75) is 13.5 Å². The topological polar surface area (TPSA) is 29.9 Å². The SMILES string of the molecule is CNc1nc(C)cn1Cc1cccc(F)c1. The number of anilines is 1. The molecule has 0 saturated heterocycles. The van der Waals surface area contributed by atoms with Crippen LogP contribution in [0.3, 0.4) is 0 Å². The van der Waals surface area contributed by atoms with E-state index >= 15 is 0 Å². The van der Waals surface area contributed by atoms with Gasteiger partial charge in [-0.05, 0) is 24.6 Å². The molecule has 0 saturated carbocycles. The van der Waals surface area contributed by atoms with E-state index in [1.165, 1.54) is 12.1 Å². The van der Waals surface area contributed by atoms with Crippen molar-refractivity contribution < 1.29 is 4.39 Å². The summed E-state index contributed by atoms with van der Waals surface area (Å²) in [6.07, 6.45) is 1.94. The maximum Gasteiger partial charge on any atom is 0.203 e. The molecule has 4 heteroatoms. The molecule has 1 aromatic carbocycles. The van der Waals surface area contributed by atoms with Crippen LogP contribution >= 0.6 is 0 Å². The van der Waals surface area contributed by atoms with E-state index in [0.29, 0.717) is 6.54 Å². The first kappa shape index (κ1) is 10.7. The van der Waals surface area contributed by atoms with E-state index in [9.17, 15) is 4.39 Å². The van der Waals surface area contributed by atoms with E-state index in [1.54, 1.807) is 6.07 Å². The Morgan fingerprint density at radius 3 is 2.94 bits per heavy atom. The van der Waals surface area contributed by atoms with Gasteiger partial charge in [0.15, 0.2) is 0 Å². The number of imidazole rings is 1. The van der Waals surface area contributed by atoms with E-state index < -0.39 is 0 Å². The Balaban J connectivity index is 2.26. The van der Waals surface area contributed by atoms with Crippen molar-refractivity contribution in [2.75, 3.05) is 12.4 Å². The molecule has 0 aliphatic carbocycles. The lowest BCUT2D eigenvalue weighted by Crippen LogP contribution is -2.04. The normalized spacial score (nSPS) is 10.4. The maximum absolute atomic E-state index is 13.0. The van der Waals surface area contributed by atoms with Crippen LogP contribution in [0.5, 0.6) is 0 Å². The number of hydrogen-bond acceptors (Lipinski definition) is 2. The summed E-state index contributed by atoms with van der Waals surface area (Å²) in [5, 5.41) is 3.01. The summed E-state index contributed by atoms with van der Waals surface area (Å²) in [4.78, 5) is 4.31. The quantitative estimate of drug-likeness (QED) is 0.859. The molecule has 1 N–H and O–H groups in total. The lowest BCUT2D eigenvalue weighted by Gasteiger charge is -2.06. The van der Waals surface area contributed by atoms with Crippen LogP contribution in [0.25, 0.3) is 0 Å². The third kappa shape index (κ3) is 2.21. The fourth-order valence-electron chi connectivity index (χ4n) is 1.70. The maximum atomic E-state index is 13.0. The molecule has 0 radical (unpaired) electrons. The second-order valence-corrected chi connectivity index (χ2v) is 3.71. The molecule has 0 spiro atoms. The Bertz CT molecular complexity index is 491. The van der Waals surface area contributed by atoms with Crippen molar-refractivity contribution in [1.29, 1.82) is 0 Å². The van der Waals surface area contributed by atoms with Crippen LogP contribution in [0.4, 0.5) is 10.3 Å². The van der Waals surface area contributed by atoms with Crippen LogP contribution < -0.4 is 5.32 Å². The number of rotatable bonds is 3. The zero-order chi connectivity index (χ0) is 11.5.